The van der Waals surface area contributed by atoms with Crippen molar-refractivity contribution >= 4 is 17.3 Å². The molecule has 1 unspecified atom stereocenters. The third-order valence-electron chi connectivity index (χ3n) is 2.99. The monoisotopic (exact) mass is 311 g/mol. The van der Waals surface area contributed by atoms with E-state index < -0.39 is 16.9 Å². The zero-order valence-electron chi connectivity index (χ0n) is 12.2. The van der Waals surface area contributed by atoms with Crippen LogP contribution in [0, 0.1) is 21.4 Å². The number of non-ortho nitro benzene ring substituents is 1. The molecule has 0 bridgehead atoms. The smallest absolute Gasteiger partial charge is 0.271 e. The van der Waals surface area contributed by atoms with Gasteiger partial charge in [0.1, 0.15) is 5.75 Å². The molecule has 0 radical (unpaired) electrons. The van der Waals surface area contributed by atoms with Gasteiger partial charge in [0.2, 0.25) is 0 Å². The SMILES string of the molecule is CC(Oc1ccc(C#N)cc1)C(=O)Nc1cccc([N+](=O)[O-])c1. The summed E-state index contributed by atoms with van der Waals surface area (Å²) in [5.74, 6) is 0.0144. The van der Waals surface area contributed by atoms with Crippen LogP contribution >= 0.6 is 0 Å². The number of anilines is 1. The minimum Gasteiger partial charge on any atom is -0.481 e. The topological polar surface area (TPSA) is 105 Å². The van der Waals surface area contributed by atoms with Gasteiger partial charge in [-0.05, 0) is 37.3 Å². The molecule has 7 nitrogen and oxygen atoms in total. The summed E-state index contributed by atoms with van der Waals surface area (Å²) in [5.41, 5.74) is 0.703. The lowest BCUT2D eigenvalue weighted by Gasteiger charge is -2.14. The van der Waals surface area contributed by atoms with Gasteiger partial charge in [-0.15, -0.1) is 0 Å². The molecule has 0 aromatic heterocycles. The van der Waals surface area contributed by atoms with Gasteiger partial charge in [-0.2, -0.15) is 5.26 Å². The van der Waals surface area contributed by atoms with E-state index in [0.29, 0.717) is 17.0 Å². The average molecular weight is 311 g/mol. The zero-order chi connectivity index (χ0) is 16.8. The summed E-state index contributed by atoms with van der Waals surface area (Å²) in [6, 6.07) is 14.0. The Morgan fingerprint density at radius 2 is 2.00 bits per heavy atom. The number of nitrogens with zero attached hydrogens (tertiary/aromatic N) is 2. The van der Waals surface area contributed by atoms with Crippen molar-refractivity contribution in [3.05, 3.63) is 64.2 Å². The molecule has 0 heterocycles. The molecule has 1 N–H and O–H groups in total. The number of nitro groups is 1. The molecule has 0 aliphatic rings. The van der Waals surface area contributed by atoms with Gasteiger partial charge in [0.25, 0.3) is 11.6 Å². The van der Waals surface area contributed by atoms with Gasteiger partial charge in [-0.3, -0.25) is 14.9 Å². The molecule has 0 saturated heterocycles. The Hall–Kier alpha value is -3.40. The van der Waals surface area contributed by atoms with Gasteiger partial charge in [0, 0.05) is 17.8 Å². The Bertz CT molecular complexity index is 766. The summed E-state index contributed by atoms with van der Waals surface area (Å²) in [5, 5.41) is 22.0. The first-order valence-electron chi connectivity index (χ1n) is 6.72. The van der Waals surface area contributed by atoms with Crippen molar-refractivity contribution in [1.29, 1.82) is 5.26 Å². The third-order valence-corrected chi connectivity index (χ3v) is 2.99. The van der Waals surface area contributed by atoms with Crippen molar-refractivity contribution in [2.45, 2.75) is 13.0 Å². The first kappa shape index (κ1) is 16.0. The Kier molecular flexibility index (Phi) is 4.89. The number of hydrogen-bond acceptors (Lipinski definition) is 5. The van der Waals surface area contributed by atoms with Crippen LogP contribution < -0.4 is 10.1 Å². The van der Waals surface area contributed by atoms with Crippen LogP contribution in [0.15, 0.2) is 48.5 Å². The van der Waals surface area contributed by atoms with Crippen molar-refractivity contribution in [3.8, 4) is 11.8 Å². The fourth-order valence-electron chi connectivity index (χ4n) is 1.81. The zero-order valence-corrected chi connectivity index (χ0v) is 12.2. The van der Waals surface area contributed by atoms with Crippen molar-refractivity contribution in [1.82, 2.24) is 0 Å². The molecule has 2 aromatic carbocycles. The molecule has 1 atom stereocenters. The summed E-state index contributed by atoms with van der Waals surface area (Å²) < 4.78 is 5.47. The number of hydrogen-bond donors (Lipinski definition) is 1. The Morgan fingerprint density at radius 1 is 1.30 bits per heavy atom. The van der Waals surface area contributed by atoms with Crippen LogP contribution in [-0.2, 0) is 4.79 Å². The number of nitrogens with one attached hydrogen (secondary N) is 1. The van der Waals surface area contributed by atoms with Crippen molar-refractivity contribution in [2.75, 3.05) is 5.32 Å². The lowest BCUT2D eigenvalue weighted by atomic mass is 10.2. The summed E-state index contributed by atoms with van der Waals surface area (Å²) in [6.07, 6.45) is -0.804. The predicted octanol–water partition coefficient (Wildman–Crippen LogP) is 2.87. The van der Waals surface area contributed by atoms with Crippen LogP contribution in [0.1, 0.15) is 12.5 Å². The molecule has 2 aromatic rings. The molecular weight excluding hydrogens is 298 g/mol. The molecular formula is C16H13N3O4. The van der Waals surface area contributed by atoms with Crippen LogP contribution in [0.3, 0.4) is 0 Å². The maximum Gasteiger partial charge on any atom is 0.271 e. The molecule has 1 amide bonds. The Morgan fingerprint density at radius 3 is 2.61 bits per heavy atom. The Labute approximate surface area is 132 Å². The summed E-state index contributed by atoms with van der Waals surface area (Å²) in [6.45, 7) is 1.56. The summed E-state index contributed by atoms with van der Waals surface area (Å²) in [4.78, 5) is 22.2. The number of ether oxygens (including phenoxy) is 1. The maximum absolute atomic E-state index is 12.1. The van der Waals surface area contributed by atoms with E-state index in [-0.39, 0.29) is 5.69 Å². The highest BCUT2D eigenvalue weighted by Gasteiger charge is 2.16. The summed E-state index contributed by atoms with van der Waals surface area (Å²) >= 11 is 0. The first-order valence-corrected chi connectivity index (χ1v) is 6.72. The van der Waals surface area contributed by atoms with Crippen LogP contribution in [-0.4, -0.2) is 16.9 Å². The van der Waals surface area contributed by atoms with Crippen molar-refractivity contribution in [2.24, 2.45) is 0 Å². The Balaban J connectivity index is 2.00. The minimum atomic E-state index is -0.804. The van der Waals surface area contributed by atoms with E-state index in [2.05, 4.69) is 5.32 Å². The number of nitriles is 1. The molecule has 23 heavy (non-hydrogen) atoms. The van der Waals surface area contributed by atoms with E-state index in [9.17, 15) is 14.9 Å². The van der Waals surface area contributed by atoms with E-state index >= 15 is 0 Å². The van der Waals surface area contributed by atoms with E-state index in [1.807, 2.05) is 6.07 Å². The van der Waals surface area contributed by atoms with Gasteiger partial charge in [-0.1, -0.05) is 6.07 Å². The molecule has 0 fully saturated rings. The number of carbonyl (C=O) groups is 1. The second-order valence-corrected chi connectivity index (χ2v) is 4.69. The average Bonchev–Trinajstić information content (AvgIpc) is 2.55. The fourth-order valence-corrected chi connectivity index (χ4v) is 1.81. The molecule has 0 aliphatic heterocycles. The van der Waals surface area contributed by atoms with Gasteiger partial charge in [-0.25, -0.2) is 0 Å². The van der Waals surface area contributed by atoms with E-state index in [0.717, 1.165) is 0 Å². The lowest BCUT2D eigenvalue weighted by molar-refractivity contribution is -0.384. The third kappa shape index (κ3) is 4.28. The minimum absolute atomic E-state index is 0.108. The quantitative estimate of drug-likeness (QED) is 0.675. The van der Waals surface area contributed by atoms with Crippen LogP contribution in [0.2, 0.25) is 0 Å². The van der Waals surface area contributed by atoms with Gasteiger partial charge in [0.15, 0.2) is 6.10 Å². The predicted molar refractivity (Wildman–Crippen MR) is 83.0 cm³/mol. The fraction of sp³-hybridized carbons (Fsp3) is 0.125. The standard InChI is InChI=1S/C16H13N3O4/c1-11(23-15-7-5-12(10-17)6-8-15)16(20)18-13-3-2-4-14(9-13)19(21)22/h2-9,11H,1H3,(H,18,20). The second-order valence-electron chi connectivity index (χ2n) is 4.69. The number of carbonyl (C=O) groups excluding carboxylic acids is 1. The molecule has 116 valence electrons. The van der Waals surface area contributed by atoms with Gasteiger partial charge < -0.3 is 10.1 Å². The molecule has 0 spiro atoms. The van der Waals surface area contributed by atoms with Crippen molar-refractivity contribution in [3.63, 3.8) is 0 Å². The van der Waals surface area contributed by atoms with E-state index in [4.69, 9.17) is 10.00 Å². The largest absolute Gasteiger partial charge is 0.481 e. The molecule has 0 aliphatic carbocycles. The number of benzene rings is 2. The van der Waals surface area contributed by atoms with Crippen LogP contribution in [0.5, 0.6) is 5.75 Å². The van der Waals surface area contributed by atoms with Crippen LogP contribution in [0.25, 0.3) is 0 Å². The summed E-state index contributed by atoms with van der Waals surface area (Å²) in [7, 11) is 0. The first-order chi connectivity index (χ1) is 11.0. The molecule has 7 heteroatoms. The van der Waals surface area contributed by atoms with Crippen molar-refractivity contribution < 1.29 is 14.5 Å². The number of rotatable bonds is 5. The maximum atomic E-state index is 12.1. The molecule has 2 rings (SSSR count). The highest BCUT2D eigenvalue weighted by Crippen LogP contribution is 2.18. The normalized spacial score (nSPS) is 11.1. The highest BCUT2D eigenvalue weighted by atomic mass is 16.6. The van der Waals surface area contributed by atoms with Crippen LogP contribution in [0.4, 0.5) is 11.4 Å². The van der Waals surface area contributed by atoms with E-state index in [1.54, 1.807) is 37.3 Å². The number of amides is 1. The van der Waals surface area contributed by atoms with Gasteiger partial charge >= 0.3 is 0 Å². The second kappa shape index (κ2) is 7.04. The lowest BCUT2D eigenvalue weighted by Crippen LogP contribution is -2.30. The van der Waals surface area contributed by atoms with E-state index in [1.165, 1.54) is 18.2 Å². The molecule has 0 saturated carbocycles. The number of nitro benzene ring substituents is 1. The van der Waals surface area contributed by atoms with Gasteiger partial charge in [0.05, 0.1) is 16.6 Å². The highest BCUT2D eigenvalue weighted by molar-refractivity contribution is 5.94.